The third kappa shape index (κ3) is 2.35. The van der Waals surface area contributed by atoms with Crippen LogP contribution in [0.4, 0.5) is 0 Å². The van der Waals surface area contributed by atoms with Crippen molar-refractivity contribution in [3.63, 3.8) is 0 Å². The molecule has 0 bridgehead atoms. The first-order chi connectivity index (χ1) is 7.29. The molecule has 2 unspecified atom stereocenters. The first-order valence-electron chi connectivity index (χ1n) is 6.26. The summed E-state index contributed by atoms with van der Waals surface area (Å²) >= 11 is 0. The molecular formula is C12H23NO2. The molecular weight excluding hydrogens is 190 g/mol. The van der Waals surface area contributed by atoms with E-state index in [0.717, 1.165) is 32.5 Å². The molecule has 0 aromatic rings. The Morgan fingerprint density at radius 1 is 1.53 bits per heavy atom. The normalized spacial score (nSPS) is 31.2. The van der Waals surface area contributed by atoms with Gasteiger partial charge in [-0.2, -0.15) is 0 Å². The Kier molecular flexibility index (Phi) is 3.65. The number of rotatable bonds is 5. The first-order valence-corrected chi connectivity index (χ1v) is 6.26. The second-order valence-corrected chi connectivity index (χ2v) is 5.07. The second kappa shape index (κ2) is 4.81. The minimum Gasteiger partial charge on any atom is -0.394 e. The molecule has 0 spiro atoms. The van der Waals surface area contributed by atoms with Crippen molar-refractivity contribution < 1.29 is 9.84 Å². The molecule has 15 heavy (non-hydrogen) atoms. The lowest BCUT2D eigenvalue weighted by Gasteiger charge is -2.45. The number of ether oxygens (including phenoxy) is 1. The van der Waals surface area contributed by atoms with E-state index in [2.05, 4.69) is 12.2 Å². The van der Waals surface area contributed by atoms with E-state index in [1.54, 1.807) is 0 Å². The Labute approximate surface area is 92.2 Å². The zero-order valence-electron chi connectivity index (χ0n) is 9.67. The molecule has 2 fully saturated rings. The zero-order chi connectivity index (χ0) is 10.7. The third-order valence-electron chi connectivity index (χ3n) is 4.08. The van der Waals surface area contributed by atoms with E-state index < -0.39 is 0 Å². The zero-order valence-corrected chi connectivity index (χ0v) is 9.67. The summed E-state index contributed by atoms with van der Waals surface area (Å²) in [6.07, 6.45) is 5.83. The fourth-order valence-electron chi connectivity index (χ4n) is 2.77. The number of hydrogen-bond donors (Lipinski definition) is 2. The maximum atomic E-state index is 9.43. The van der Waals surface area contributed by atoms with Crippen molar-refractivity contribution in [1.29, 1.82) is 0 Å². The van der Waals surface area contributed by atoms with Crippen LogP contribution in [0.1, 0.15) is 39.0 Å². The Hall–Kier alpha value is -0.120. The molecule has 1 heterocycles. The topological polar surface area (TPSA) is 41.5 Å². The van der Waals surface area contributed by atoms with Crippen molar-refractivity contribution in [2.24, 2.45) is 5.92 Å². The molecule has 1 aliphatic carbocycles. The Balaban J connectivity index is 1.89. The van der Waals surface area contributed by atoms with Crippen LogP contribution in [0, 0.1) is 5.92 Å². The lowest BCUT2D eigenvalue weighted by atomic mass is 9.76. The van der Waals surface area contributed by atoms with Gasteiger partial charge in [-0.1, -0.05) is 6.92 Å². The van der Waals surface area contributed by atoms with E-state index in [1.165, 1.54) is 12.8 Å². The van der Waals surface area contributed by atoms with Crippen LogP contribution in [-0.4, -0.2) is 36.5 Å². The smallest absolute Gasteiger partial charge is 0.0613 e. The minimum absolute atomic E-state index is 0.0449. The molecule has 1 saturated heterocycles. The quantitative estimate of drug-likeness (QED) is 0.723. The van der Waals surface area contributed by atoms with Crippen LogP contribution in [0.5, 0.6) is 0 Å². The molecule has 2 N–H and O–H groups in total. The fourth-order valence-corrected chi connectivity index (χ4v) is 2.77. The lowest BCUT2D eigenvalue weighted by molar-refractivity contribution is 0.0636. The first kappa shape index (κ1) is 11.4. The van der Waals surface area contributed by atoms with Crippen molar-refractivity contribution in [2.45, 2.75) is 50.6 Å². The van der Waals surface area contributed by atoms with Crippen LogP contribution in [-0.2, 0) is 4.74 Å². The standard InChI is InChI=1S/C12H23NO2/c1-2-11(10-4-7-15-8-10)13-12(9-14)5-3-6-12/h10-11,13-14H,2-9H2,1H3. The van der Waals surface area contributed by atoms with Crippen molar-refractivity contribution in [3.05, 3.63) is 0 Å². The maximum absolute atomic E-state index is 9.43. The monoisotopic (exact) mass is 213 g/mol. The molecule has 0 radical (unpaired) electrons. The summed E-state index contributed by atoms with van der Waals surface area (Å²) in [4.78, 5) is 0. The molecule has 2 atom stereocenters. The summed E-state index contributed by atoms with van der Waals surface area (Å²) in [7, 11) is 0. The predicted molar refractivity (Wildman–Crippen MR) is 59.8 cm³/mol. The predicted octanol–water partition coefficient (Wildman–Crippen LogP) is 1.31. The maximum Gasteiger partial charge on any atom is 0.0613 e. The van der Waals surface area contributed by atoms with E-state index in [0.29, 0.717) is 12.0 Å². The van der Waals surface area contributed by atoms with Gasteiger partial charge in [0.05, 0.1) is 13.2 Å². The summed E-state index contributed by atoms with van der Waals surface area (Å²) in [5.41, 5.74) is 0.0449. The number of nitrogens with one attached hydrogen (secondary N) is 1. The van der Waals surface area contributed by atoms with Crippen LogP contribution in [0.25, 0.3) is 0 Å². The molecule has 0 amide bonds. The van der Waals surface area contributed by atoms with Crippen LogP contribution in [0.15, 0.2) is 0 Å². The van der Waals surface area contributed by atoms with Gasteiger partial charge < -0.3 is 15.2 Å². The Bertz CT molecular complexity index is 192. The SMILES string of the molecule is CCC(NC1(CO)CCC1)C1CCOC1. The summed E-state index contributed by atoms with van der Waals surface area (Å²) < 4.78 is 5.44. The highest BCUT2D eigenvalue weighted by Crippen LogP contribution is 2.33. The highest BCUT2D eigenvalue weighted by molar-refractivity contribution is 4.98. The molecule has 1 saturated carbocycles. The molecule has 88 valence electrons. The Morgan fingerprint density at radius 2 is 2.33 bits per heavy atom. The van der Waals surface area contributed by atoms with Gasteiger partial charge in [-0.25, -0.2) is 0 Å². The van der Waals surface area contributed by atoms with Crippen molar-refractivity contribution in [1.82, 2.24) is 5.32 Å². The lowest BCUT2D eigenvalue weighted by Crippen LogP contribution is -2.59. The van der Waals surface area contributed by atoms with Gasteiger partial charge >= 0.3 is 0 Å². The van der Waals surface area contributed by atoms with Gasteiger partial charge in [0.1, 0.15) is 0 Å². The molecule has 3 nitrogen and oxygen atoms in total. The van der Waals surface area contributed by atoms with Crippen molar-refractivity contribution in [2.75, 3.05) is 19.8 Å². The van der Waals surface area contributed by atoms with Crippen molar-refractivity contribution >= 4 is 0 Å². The largest absolute Gasteiger partial charge is 0.394 e. The van der Waals surface area contributed by atoms with E-state index in [-0.39, 0.29) is 12.1 Å². The van der Waals surface area contributed by atoms with Gasteiger partial charge in [-0.15, -0.1) is 0 Å². The third-order valence-corrected chi connectivity index (χ3v) is 4.08. The van der Waals surface area contributed by atoms with E-state index >= 15 is 0 Å². The van der Waals surface area contributed by atoms with Crippen LogP contribution in [0.3, 0.4) is 0 Å². The average Bonchev–Trinajstić information content (AvgIpc) is 2.71. The molecule has 2 aliphatic rings. The van der Waals surface area contributed by atoms with E-state index in [9.17, 15) is 5.11 Å². The number of aliphatic hydroxyl groups excluding tert-OH is 1. The summed E-state index contributed by atoms with van der Waals surface area (Å²) in [6, 6.07) is 0.528. The van der Waals surface area contributed by atoms with Crippen molar-refractivity contribution in [3.8, 4) is 0 Å². The van der Waals surface area contributed by atoms with Gasteiger partial charge in [0, 0.05) is 18.2 Å². The fraction of sp³-hybridized carbons (Fsp3) is 1.00. The van der Waals surface area contributed by atoms with E-state index in [1.807, 2.05) is 0 Å². The molecule has 0 aromatic carbocycles. The van der Waals surface area contributed by atoms with Gasteiger partial charge in [0.15, 0.2) is 0 Å². The summed E-state index contributed by atoms with van der Waals surface area (Å²) in [5, 5.41) is 13.1. The van der Waals surface area contributed by atoms with Gasteiger partial charge in [-0.3, -0.25) is 0 Å². The van der Waals surface area contributed by atoms with Gasteiger partial charge in [-0.05, 0) is 38.0 Å². The highest BCUT2D eigenvalue weighted by Gasteiger charge is 2.39. The molecule has 1 aliphatic heterocycles. The van der Waals surface area contributed by atoms with Crippen LogP contribution >= 0.6 is 0 Å². The van der Waals surface area contributed by atoms with Crippen LogP contribution in [0.2, 0.25) is 0 Å². The van der Waals surface area contributed by atoms with Gasteiger partial charge in [0.25, 0.3) is 0 Å². The molecule has 3 heteroatoms. The van der Waals surface area contributed by atoms with Crippen LogP contribution < -0.4 is 5.32 Å². The Morgan fingerprint density at radius 3 is 2.73 bits per heavy atom. The highest BCUT2D eigenvalue weighted by atomic mass is 16.5. The second-order valence-electron chi connectivity index (χ2n) is 5.07. The van der Waals surface area contributed by atoms with Gasteiger partial charge in [0.2, 0.25) is 0 Å². The summed E-state index contributed by atoms with van der Waals surface area (Å²) in [5.74, 6) is 0.652. The number of aliphatic hydroxyl groups is 1. The van der Waals surface area contributed by atoms with E-state index in [4.69, 9.17) is 4.74 Å². The summed E-state index contributed by atoms with van der Waals surface area (Å²) in [6.45, 7) is 4.32. The number of hydrogen-bond acceptors (Lipinski definition) is 3. The average molecular weight is 213 g/mol. The molecule has 0 aromatic heterocycles. The molecule has 2 rings (SSSR count). The minimum atomic E-state index is 0.0449.